The number of H-pyrrole nitrogens is 1. The number of nitrogens with zero attached hydrogens (tertiary/aromatic N) is 4. The van der Waals surface area contributed by atoms with Crippen LogP contribution in [-0.4, -0.2) is 43.6 Å². The van der Waals surface area contributed by atoms with Gasteiger partial charge in [-0.25, -0.2) is 14.9 Å². The molecular weight excluding hydrogens is 286 g/mol. The summed E-state index contributed by atoms with van der Waals surface area (Å²) in [6.45, 7) is 3.89. The lowest BCUT2D eigenvalue weighted by molar-refractivity contribution is -0.136. The number of nitrogens with one attached hydrogen (secondary N) is 1. The number of rotatable bonds is 4. The standard InChI is InChI=1S/C14H19N5O3/c1-10(8-18-7-4-15-9-18)13(20)19-5-2-11(3-6-19)12-16-17-14(21)22-12/h4,7,9-11H,2-3,5-6,8H2,1H3,(H,17,21). The maximum Gasteiger partial charge on any atom is 0.434 e. The Hall–Kier alpha value is -2.38. The molecule has 1 aliphatic rings. The van der Waals surface area contributed by atoms with E-state index < -0.39 is 5.76 Å². The summed E-state index contributed by atoms with van der Waals surface area (Å²) >= 11 is 0. The lowest BCUT2D eigenvalue weighted by Crippen LogP contribution is -2.41. The Labute approximate surface area is 127 Å². The van der Waals surface area contributed by atoms with E-state index >= 15 is 0 Å². The molecule has 3 heterocycles. The van der Waals surface area contributed by atoms with Gasteiger partial charge in [-0.05, 0) is 12.8 Å². The summed E-state index contributed by atoms with van der Waals surface area (Å²) in [6.07, 6.45) is 6.81. The number of piperidine rings is 1. The minimum absolute atomic E-state index is 0.0888. The van der Waals surface area contributed by atoms with Gasteiger partial charge in [0.2, 0.25) is 11.8 Å². The molecule has 1 fully saturated rings. The molecule has 22 heavy (non-hydrogen) atoms. The van der Waals surface area contributed by atoms with Crippen LogP contribution >= 0.6 is 0 Å². The predicted molar refractivity (Wildman–Crippen MR) is 77.1 cm³/mol. The Morgan fingerprint density at radius 3 is 2.86 bits per heavy atom. The van der Waals surface area contributed by atoms with Crippen LogP contribution in [0.2, 0.25) is 0 Å². The minimum Gasteiger partial charge on any atom is -0.392 e. The second-order valence-corrected chi connectivity index (χ2v) is 5.71. The van der Waals surface area contributed by atoms with Gasteiger partial charge < -0.3 is 13.9 Å². The number of imidazole rings is 1. The van der Waals surface area contributed by atoms with Crippen molar-refractivity contribution in [3.63, 3.8) is 0 Å². The zero-order valence-electron chi connectivity index (χ0n) is 12.4. The van der Waals surface area contributed by atoms with Crippen LogP contribution in [0.5, 0.6) is 0 Å². The van der Waals surface area contributed by atoms with Crippen LogP contribution in [0.15, 0.2) is 27.9 Å². The van der Waals surface area contributed by atoms with Crippen molar-refractivity contribution in [3.05, 3.63) is 35.2 Å². The van der Waals surface area contributed by atoms with Crippen molar-refractivity contribution in [1.82, 2.24) is 24.6 Å². The summed E-state index contributed by atoms with van der Waals surface area (Å²) in [7, 11) is 0. The highest BCUT2D eigenvalue weighted by Gasteiger charge is 2.29. The SMILES string of the molecule is CC(Cn1ccnc1)C(=O)N1CCC(c2n[nH]c(=O)o2)CC1. The zero-order valence-corrected chi connectivity index (χ0v) is 12.4. The molecular formula is C14H19N5O3. The van der Waals surface area contributed by atoms with E-state index in [0.717, 1.165) is 12.8 Å². The highest BCUT2D eigenvalue weighted by atomic mass is 16.4. The van der Waals surface area contributed by atoms with E-state index in [9.17, 15) is 9.59 Å². The van der Waals surface area contributed by atoms with Gasteiger partial charge in [-0.15, -0.1) is 5.10 Å². The third-order valence-electron chi connectivity index (χ3n) is 4.08. The summed E-state index contributed by atoms with van der Waals surface area (Å²) in [5.41, 5.74) is 0. The average Bonchev–Trinajstić information content (AvgIpc) is 3.18. The van der Waals surface area contributed by atoms with Crippen molar-refractivity contribution >= 4 is 5.91 Å². The number of hydrogen-bond acceptors (Lipinski definition) is 5. The molecule has 2 aromatic heterocycles. The summed E-state index contributed by atoms with van der Waals surface area (Å²) < 4.78 is 6.91. The van der Waals surface area contributed by atoms with Crippen molar-refractivity contribution in [3.8, 4) is 0 Å². The number of hydrogen-bond donors (Lipinski definition) is 1. The number of amides is 1. The monoisotopic (exact) mass is 305 g/mol. The first-order chi connectivity index (χ1) is 10.6. The lowest BCUT2D eigenvalue weighted by Gasteiger charge is -2.32. The first-order valence-electron chi connectivity index (χ1n) is 7.43. The molecule has 0 aliphatic carbocycles. The molecule has 0 radical (unpaired) electrons. The summed E-state index contributed by atoms with van der Waals surface area (Å²) in [5, 5.41) is 6.16. The van der Waals surface area contributed by atoms with Crippen molar-refractivity contribution in [2.75, 3.05) is 13.1 Å². The Balaban J connectivity index is 1.54. The van der Waals surface area contributed by atoms with Crippen LogP contribution in [0.25, 0.3) is 0 Å². The van der Waals surface area contributed by atoms with Gasteiger partial charge in [0.25, 0.3) is 0 Å². The van der Waals surface area contributed by atoms with Crippen LogP contribution < -0.4 is 5.76 Å². The van der Waals surface area contributed by atoms with Crippen molar-refractivity contribution in [2.45, 2.75) is 32.2 Å². The zero-order chi connectivity index (χ0) is 15.5. The third kappa shape index (κ3) is 3.10. The Morgan fingerprint density at radius 2 is 2.27 bits per heavy atom. The van der Waals surface area contributed by atoms with Gasteiger partial charge in [-0.3, -0.25) is 4.79 Å². The molecule has 0 spiro atoms. The minimum atomic E-state index is -0.525. The topological polar surface area (TPSA) is 97.0 Å². The van der Waals surface area contributed by atoms with E-state index in [1.165, 1.54) is 0 Å². The van der Waals surface area contributed by atoms with E-state index in [4.69, 9.17) is 4.42 Å². The number of aromatic amines is 1. The molecule has 0 bridgehead atoms. The largest absolute Gasteiger partial charge is 0.434 e. The molecule has 0 saturated carbocycles. The normalized spacial score (nSPS) is 17.6. The van der Waals surface area contributed by atoms with Crippen LogP contribution in [0, 0.1) is 5.92 Å². The van der Waals surface area contributed by atoms with Gasteiger partial charge >= 0.3 is 5.76 Å². The summed E-state index contributed by atoms with van der Waals surface area (Å²) in [5.74, 6) is 0.0858. The molecule has 8 heteroatoms. The Bertz CT molecular complexity index is 667. The van der Waals surface area contributed by atoms with Gasteiger partial charge in [0.1, 0.15) is 0 Å². The summed E-state index contributed by atoms with van der Waals surface area (Å²) in [6, 6.07) is 0. The van der Waals surface area contributed by atoms with Crippen molar-refractivity contribution in [2.24, 2.45) is 5.92 Å². The van der Waals surface area contributed by atoms with E-state index in [-0.39, 0.29) is 17.7 Å². The second-order valence-electron chi connectivity index (χ2n) is 5.71. The maximum atomic E-state index is 12.5. The fourth-order valence-corrected chi connectivity index (χ4v) is 2.86. The molecule has 1 unspecified atom stereocenters. The summed E-state index contributed by atoms with van der Waals surface area (Å²) in [4.78, 5) is 29.3. The molecule has 2 aromatic rings. The molecule has 8 nitrogen and oxygen atoms in total. The molecule has 118 valence electrons. The van der Waals surface area contributed by atoms with Gasteiger partial charge in [-0.1, -0.05) is 6.92 Å². The first-order valence-corrected chi connectivity index (χ1v) is 7.43. The molecule has 1 aliphatic heterocycles. The molecule has 1 amide bonds. The molecule has 1 N–H and O–H groups in total. The van der Waals surface area contributed by atoms with Gasteiger partial charge in [-0.2, -0.15) is 0 Å². The molecule has 1 saturated heterocycles. The highest BCUT2D eigenvalue weighted by molar-refractivity contribution is 5.78. The highest BCUT2D eigenvalue weighted by Crippen LogP contribution is 2.26. The Kier molecular flexibility index (Phi) is 4.08. The van der Waals surface area contributed by atoms with Crippen molar-refractivity contribution < 1.29 is 9.21 Å². The second kappa shape index (κ2) is 6.17. The lowest BCUT2D eigenvalue weighted by atomic mass is 9.96. The smallest absolute Gasteiger partial charge is 0.392 e. The number of aromatic nitrogens is 4. The van der Waals surface area contributed by atoms with Crippen LogP contribution in [0.4, 0.5) is 0 Å². The van der Waals surface area contributed by atoms with Gasteiger partial charge in [0, 0.05) is 37.9 Å². The van der Waals surface area contributed by atoms with E-state index in [1.54, 1.807) is 12.5 Å². The van der Waals surface area contributed by atoms with Crippen LogP contribution in [0.3, 0.4) is 0 Å². The van der Waals surface area contributed by atoms with E-state index in [0.29, 0.717) is 25.5 Å². The quantitative estimate of drug-likeness (QED) is 0.892. The number of carbonyl (C=O) groups excluding carboxylic acids is 1. The fourth-order valence-electron chi connectivity index (χ4n) is 2.86. The number of carbonyl (C=O) groups is 1. The molecule has 3 rings (SSSR count). The molecule has 1 atom stereocenters. The van der Waals surface area contributed by atoms with Crippen molar-refractivity contribution in [1.29, 1.82) is 0 Å². The predicted octanol–water partition coefficient (Wildman–Crippen LogP) is 0.602. The van der Waals surface area contributed by atoms with Gasteiger partial charge in [0.15, 0.2) is 0 Å². The van der Waals surface area contributed by atoms with Crippen LogP contribution in [0.1, 0.15) is 31.6 Å². The van der Waals surface area contributed by atoms with E-state index in [2.05, 4.69) is 15.2 Å². The first kappa shape index (κ1) is 14.6. The number of likely N-dealkylation sites (tertiary alicyclic amines) is 1. The third-order valence-corrected chi connectivity index (χ3v) is 4.08. The Morgan fingerprint density at radius 1 is 1.50 bits per heavy atom. The van der Waals surface area contributed by atoms with Gasteiger partial charge in [0.05, 0.1) is 12.2 Å². The van der Waals surface area contributed by atoms with Crippen LogP contribution in [-0.2, 0) is 11.3 Å². The van der Waals surface area contributed by atoms with E-state index in [1.807, 2.05) is 22.6 Å². The maximum absolute atomic E-state index is 12.5. The fraction of sp³-hybridized carbons (Fsp3) is 0.571. The molecule has 0 aromatic carbocycles. The average molecular weight is 305 g/mol.